The third kappa shape index (κ3) is 2.38. The molecule has 0 bridgehead atoms. The maximum atomic E-state index is 12.3. The first-order valence-electron chi connectivity index (χ1n) is 3.76. The number of rotatable bonds is 1. The monoisotopic (exact) mass is 211 g/mol. The van der Waals surface area contributed by atoms with E-state index in [1.807, 2.05) is 0 Å². The van der Waals surface area contributed by atoms with Crippen LogP contribution in [0, 0.1) is 22.9 Å². The fourth-order valence-electron chi connectivity index (χ4n) is 0.959. The van der Waals surface area contributed by atoms with Crippen LogP contribution in [-0.4, -0.2) is 0 Å². The number of hydrogen-bond donors (Lipinski definition) is 0. The largest absolute Gasteiger partial charge is 0.416 e. The van der Waals surface area contributed by atoms with Gasteiger partial charge in [0.15, 0.2) is 12.4 Å². The molecule has 0 aromatic heterocycles. The molecule has 0 saturated heterocycles. The van der Waals surface area contributed by atoms with E-state index in [9.17, 15) is 13.2 Å². The summed E-state index contributed by atoms with van der Waals surface area (Å²) in [7, 11) is 0. The maximum absolute atomic E-state index is 12.3. The van der Waals surface area contributed by atoms with Gasteiger partial charge in [0.25, 0.3) is 0 Å². The lowest BCUT2D eigenvalue weighted by Gasteiger charge is -2.09. The van der Waals surface area contributed by atoms with Gasteiger partial charge in [-0.3, -0.25) is 0 Å². The zero-order valence-electron chi connectivity index (χ0n) is 7.28. The van der Waals surface area contributed by atoms with E-state index in [0.717, 1.165) is 18.2 Å². The summed E-state index contributed by atoms with van der Waals surface area (Å²) < 4.78 is 36.8. The SMILES string of the molecule is N#CN(C#N)c1cccc(C(F)(F)F)c1. The minimum absolute atomic E-state index is 0.102. The molecule has 0 fully saturated rings. The molecule has 0 radical (unpaired) electrons. The lowest BCUT2D eigenvalue weighted by Crippen LogP contribution is -2.10. The quantitative estimate of drug-likeness (QED) is 0.529. The first kappa shape index (κ1) is 10.9. The molecule has 0 amide bonds. The van der Waals surface area contributed by atoms with Gasteiger partial charge < -0.3 is 0 Å². The number of nitrogens with zero attached hydrogens (tertiary/aromatic N) is 3. The van der Waals surface area contributed by atoms with E-state index in [1.54, 1.807) is 0 Å². The molecule has 6 heteroatoms. The highest BCUT2D eigenvalue weighted by molar-refractivity contribution is 5.56. The normalized spacial score (nSPS) is 10.2. The predicted molar refractivity (Wildman–Crippen MR) is 45.1 cm³/mol. The highest BCUT2D eigenvalue weighted by atomic mass is 19.4. The van der Waals surface area contributed by atoms with Crippen LogP contribution >= 0.6 is 0 Å². The molecular formula is C9H4F3N3. The van der Waals surface area contributed by atoms with Gasteiger partial charge in [-0.2, -0.15) is 28.6 Å². The van der Waals surface area contributed by atoms with Gasteiger partial charge in [-0.1, -0.05) is 6.07 Å². The molecule has 0 saturated carbocycles. The second kappa shape index (κ2) is 3.89. The van der Waals surface area contributed by atoms with Gasteiger partial charge in [0, 0.05) is 0 Å². The standard InChI is InChI=1S/C9H4F3N3/c10-9(11,12)7-2-1-3-8(4-7)15(5-13)6-14/h1-4H. The number of anilines is 1. The molecule has 15 heavy (non-hydrogen) atoms. The van der Waals surface area contributed by atoms with Crippen LogP contribution in [-0.2, 0) is 6.18 Å². The van der Waals surface area contributed by atoms with Gasteiger partial charge in [-0.05, 0) is 18.2 Å². The van der Waals surface area contributed by atoms with Gasteiger partial charge in [0.2, 0.25) is 0 Å². The average molecular weight is 211 g/mol. The van der Waals surface area contributed by atoms with Gasteiger partial charge in [0.1, 0.15) is 0 Å². The van der Waals surface area contributed by atoms with Crippen LogP contribution in [0.4, 0.5) is 18.9 Å². The Morgan fingerprint density at radius 3 is 2.20 bits per heavy atom. The molecule has 76 valence electrons. The van der Waals surface area contributed by atoms with Crippen molar-refractivity contribution in [3.05, 3.63) is 29.8 Å². The second-order valence-electron chi connectivity index (χ2n) is 2.58. The van der Waals surface area contributed by atoms with Crippen LogP contribution in [0.1, 0.15) is 5.56 Å². The highest BCUT2D eigenvalue weighted by Gasteiger charge is 2.30. The van der Waals surface area contributed by atoms with E-state index >= 15 is 0 Å². The number of benzene rings is 1. The molecule has 0 aliphatic heterocycles. The Kier molecular flexibility index (Phi) is 2.82. The van der Waals surface area contributed by atoms with E-state index < -0.39 is 11.7 Å². The summed E-state index contributed by atoms with van der Waals surface area (Å²) in [6.07, 6.45) is -1.58. The van der Waals surface area contributed by atoms with E-state index in [2.05, 4.69) is 0 Å². The number of halogens is 3. The summed E-state index contributed by atoms with van der Waals surface area (Å²) in [6, 6.07) is 4.00. The van der Waals surface area contributed by atoms with Crippen LogP contribution < -0.4 is 4.90 Å². The molecule has 3 nitrogen and oxygen atoms in total. The Morgan fingerprint density at radius 2 is 1.73 bits per heavy atom. The molecule has 0 spiro atoms. The van der Waals surface area contributed by atoms with Crippen molar-refractivity contribution in [1.29, 1.82) is 10.5 Å². The van der Waals surface area contributed by atoms with Crippen LogP contribution in [0.3, 0.4) is 0 Å². The third-order valence-corrected chi connectivity index (χ3v) is 1.63. The van der Waals surface area contributed by atoms with Crippen LogP contribution in [0.15, 0.2) is 24.3 Å². The van der Waals surface area contributed by atoms with E-state index in [-0.39, 0.29) is 5.69 Å². The molecule has 0 aliphatic rings. The van der Waals surface area contributed by atoms with Gasteiger partial charge in [-0.15, -0.1) is 0 Å². The van der Waals surface area contributed by atoms with Crippen molar-refractivity contribution < 1.29 is 13.2 Å². The lowest BCUT2D eigenvalue weighted by atomic mass is 10.2. The summed E-state index contributed by atoms with van der Waals surface area (Å²) in [5, 5.41) is 16.9. The minimum Gasteiger partial charge on any atom is -0.183 e. The van der Waals surface area contributed by atoms with Crippen molar-refractivity contribution in [3.63, 3.8) is 0 Å². The van der Waals surface area contributed by atoms with Gasteiger partial charge in [0.05, 0.1) is 11.3 Å². The zero-order chi connectivity index (χ0) is 11.5. The van der Waals surface area contributed by atoms with Gasteiger partial charge in [-0.25, -0.2) is 0 Å². The summed E-state index contributed by atoms with van der Waals surface area (Å²) >= 11 is 0. The lowest BCUT2D eigenvalue weighted by molar-refractivity contribution is -0.137. The Labute approximate surface area is 83.6 Å². The van der Waals surface area contributed by atoms with Gasteiger partial charge >= 0.3 is 6.18 Å². The minimum atomic E-state index is -4.48. The molecule has 1 aromatic carbocycles. The summed E-state index contributed by atoms with van der Waals surface area (Å²) in [5.41, 5.74) is -0.995. The average Bonchev–Trinajstić information content (AvgIpc) is 2.19. The Morgan fingerprint density at radius 1 is 1.13 bits per heavy atom. The van der Waals surface area contributed by atoms with Crippen molar-refractivity contribution in [3.8, 4) is 12.4 Å². The first-order chi connectivity index (χ1) is 6.99. The molecule has 0 unspecified atom stereocenters. The van der Waals surface area contributed by atoms with Crippen molar-refractivity contribution in [2.75, 3.05) is 4.90 Å². The molecular weight excluding hydrogens is 207 g/mol. The Hall–Kier alpha value is -2.21. The smallest absolute Gasteiger partial charge is 0.183 e. The Balaban J connectivity index is 3.16. The van der Waals surface area contributed by atoms with E-state index in [1.165, 1.54) is 18.5 Å². The summed E-state index contributed by atoms with van der Waals surface area (Å²) in [5.74, 6) is 0. The molecule has 1 aromatic rings. The van der Waals surface area contributed by atoms with Crippen LogP contribution in [0.25, 0.3) is 0 Å². The second-order valence-corrected chi connectivity index (χ2v) is 2.58. The Bertz CT molecular complexity index is 425. The predicted octanol–water partition coefficient (Wildman–Crippen LogP) is 2.47. The van der Waals surface area contributed by atoms with Crippen LogP contribution in [0.2, 0.25) is 0 Å². The molecule has 1 rings (SSSR count). The van der Waals surface area contributed by atoms with Crippen LogP contribution in [0.5, 0.6) is 0 Å². The zero-order valence-corrected chi connectivity index (χ0v) is 7.28. The van der Waals surface area contributed by atoms with Crippen molar-refractivity contribution in [1.82, 2.24) is 0 Å². The number of nitriles is 2. The third-order valence-electron chi connectivity index (χ3n) is 1.63. The maximum Gasteiger partial charge on any atom is 0.416 e. The first-order valence-corrected chi connectivity index (χ1v) is 3.76. The topological polar surface area (TPSA) is 50.8 Å². The number of hydrogen-bond acceptors (Lipinski definition) is 3. The van der Waals surface area contributed by atoms with Crippen molar-refractivity contribution in [2.45, 2.75) is 6.18 Å². The molecule has 0 aliphatic carbocycles. The van der Waals surface area contributed by atoms with Crippen molar-refractivity contribution >= 4 is 5.69 Å². The summed E-state index contributed by atoms with van der Waals surface area (Å²) in [4.78, 5) is 0.495. The van der Waals surface area contributed by atoms with Crippen molar-refractivity contribution in [2.24, 2.45) is 0 Å². The highest BCUT2D eigenvalue weighted by Crippen LogP contribution is 2.31. The van der Waals surface area contributed by atoms with E-state index in [4.69, 9.17) is 10.5 Å². The fraction of sp³-hybridized carbons (Fsp3) is 0.111. The van der Waals surface area contributed by atoms with E-state index in [0.29, 0.717) is 4.90 Å². The fourth-order valence-corrected chi connectivity index (χ4v) is 0.959. The number of alkyl halides is 3. The molecule has 0 heterocycles. The summed E-state index contributed by atoms with van der Waals surface area (Å²) in [6.45, 7) is 0. The molecule has 0 N–H and O–H groups in total. The molecule has 0 atom stereocenters.